The van der Waals surface area contributed by atoms with E-state index >= 15 is 0 Å². The van der Waals surface area contributed by atoms with Crippen LogP contribution in [0.4, 0.5) is 0 Å². The van der Waals surface area contributed by atoms with E-state index in [2.05, 4.69) is 114 Å². The van der Waals surface area contributed by atoms with Crippen LogP contribution in [0.15, 0.2) is 186 Å². The van der Waals surface area contributed by atoms with Gasteiger partial charge < -0.3 is 8.98 Å². The Morgan fingerprint density at radius 1 is 0.404 bits per heavy atom. The highest BCUT2D eigenvalue weighted by Gasteiger charge is 2.19. The summed E-state index contributed by atoms with van der Waals surface area (Å²) in [6.45, 7) is 0. The molecular formula is C51H30N4OS. The van der Waals surface area contributed by atoms with E-state index in [-0.39, 0.29) is 0 Å². The number of rotatable bonds is 5. The number of fused-ring (bicyclic) bond motifs is 9. The van der Waals surface area contributed by atoms with Crippen molar-refractivity contribution in [2.45, 2.75) is 0 Å². The average Bonchev–Trinajstić information content (AvgIpc) is 3.96. The predicted molar refractivity (Wildman–Crippen MR) is 236 cm³/mol. The zero-order valence-electron chi connectivity index (χ0n) is 30.4. The fourth-order valence-corrected chi connectivity index (χ4v) is 9.62. The largest absolute Gasteiger partial charge is 0.455 e. The van der Waals surface area contributed by atoms with Gasteiger partial charge in [0.25, 0.3) is 0 Å². The van der Waals surface area contributed by atoms with Gasteiger partial charge in [-0.15, -0.1) is 11.3 Å². The number of aromatic nitrogens is 4. The van der Waals surface area contributed by atoms with Gasteiger partial charge in [0, 0.05) is 69.7 Å². The molecule has 8 aromatic carbocycles. The van der Waals surface area contributed by atoms with Crippen LogP contribution in [0, 0.1) is 0 Å². The number of hydrogen-bond donors (Lipinski definition) is 0. The molecule has 4 heterocycles. The van der Waals surface area contributed by atoms with Crippen molar-refractivity contribution in [3.63, 3.8) is 0 Å². The van der Waals surface area contributed by atoms with Crippen LogP contribution < -0.4 is 0 Å². The molecule has 0 aliphatic rings. The van der Waals surface area contributed by atoms with Gasteiger partial charge in [-0.05, 0) is 54.1 Å². The van der Waals surface area contributed by atoms with E-state index < -0.39 is 0 Å². The van der Waals surface area contributed by atoms with Crippen LogP contribution in [0.3, 0.4) is 0 Å². The molecule has 0 atom stereocenters. The van der Waals surface area contributed by atoms with Crippen molar-refractivity contribution < 1.29 is 4.42 Å². The minimum absolute atomic E-state index is 0.656. The van der Waals surface area contributed by atoms with Crippen molar-refractivity contribution in [3.8, 4) is 51.0 Å². The first-order chi connectivity index (χ1) is 28.2. The molecule has 0 N–H and O–H groups in total. The fraction of sp³-hybridized carbons (Fsp3) is 0. The second-order valence-electron chi connectivity index (χ2n) is 14.4. The summed E-state index contributed by atoms with van der Waals surface area (Å²) in [6, 6.07) is 63.8. The van der Waals surface area contributed by atoms with Crippen LogP contribution in [-0.2, 0) is 0 Å². The number of benzene rings is 8. The molecule has 12 aromatic rings. The van der Waals surface area contributed by atoms with Gasteiger partial charge in [-0.2, -0.15) is 0 Å². The van der Waals surface area contributed by atoms with Gasteiger partial charge in [0.05, 0.1) is 11.0 Å². The summed E-state index contributed by atoms with van der Waals surface area (Å²) in [5, 5.41) is 7.06. The molecule has 0 aliphatic heterocycles. The van der Waals surface area contributed by atoms with Crippen LogP contribution in [-0.4, -0.2) is 19.5 Å². The average molecular weight is 747 g/mol. The fourth-order valence-electron chi connectivity index (χ4n) is 8.42. The van der Waals surface area contributed by atoms with Crippen LogP contribution in [0.25, 0.3) is 115 Å². The summed E-state index contributed by atoms with van der Waals surface area (Å²) >= 11 is 1.78. The molecule has 12 rings (SSSR count). The first-order valence-corrected chi connectivity index (χ1v) is 19.8. The lowest BCUT2D eigenvalue weighted by Gasteiger charge is -2.09. The van der Waals surface area contributed by atoms with Crippen LogP contribution in [0.2, 0.25) is 0 Å². The Kier molecular flexibility index (Phi) is 7.03. The zero-order chi connectivity index (χ0) is 37.5. The molecule has 57 heavy (non-hydrogen) atoms. The Labute approximate surface area is 330 Å². The van der Waals surface area contributed by atoms with E-state index in [0.717, 1.165) is 65.7 Å². The van der Waals surface area contributed by atoms with Crippen molar-refractivity contribution in [2.75, 3.05) is 0 Å². The number of hydrogen-bond acceptors (Lipinski definition) is 5. The lowest BCUT2D eigenvalue weighted by atomic mass is 10.0. The second kappa shape index (κ2) is 12.6. The topological polar surface area (TPSA) is 56.7 Å². The lowest BCUT2D eigenvalue weighted by Crippen LogP contribution is -2.00. The van der Waals surface area contributed by atoms with Crippen molar-refractivity contribution in [2.24, 2.45) is 0 Å². The van der Waals surface area contributed by atoms with Crippen molar-refractivity contribution in [3.05, 3.63) is 182 Å². The monoisotopic (exact) mass is 746 g/mol. The molecule has 0 bridgehead atoms. The SMILES string of the molecule is c1ccc(-c2nc(-c3ccccc3)nc(-c3cccc4c3sc3ccc(-n5c6ccccc6c6cc(-c7cccc8c7oc7ccccc78)ccc65)cc34)n2)cc1. The lowest BCUT2D eigenvalue weighted by molar-refractivity contribution is 0.670. The molecule has 0 fully saturated rings. The Morgan fingerprint density at radius 3 is 1.82 bits per heavy atom. The van der Waals surface area contributed by atoms with Gasteiger partial charge in [-0.25, -0.2) is 15.0 Å². The molecule has 0 radical (unpaired) electrons. The molecule has 0 amide bonds. The van der Waals surface area contributed by atoms with Crippen LogP contribution in [0.1, 0.15) is 0 Å². The third-order valence-electron chi connectivity index (χ3n) is 11.1. The number of furan rings is 1. The maximum absolute atomic E-state index is 6.45. The molecule has 0 saturated carbocycles. The molecule has 266 valence electrons. The van der Waals surface area contributed by atoms with Gasteiger partial charge >= 0.3 is 0 Å². The highest BCUT2D eigenvalue weighted by atomic mass is 32.1. The molecule has 0 spiro atoms. The third-order valence-corrected chi connectivity index (χ3v) is 12.3. The third kappa shape index (κ3) is 5.04. The maximum atomic E-state index is 6.45. The molecule has 0 unspecified atom stereocenters. The molecule has 4 aromatic heterocycles. The van der Waals surface area contributed by atoms with E-state index in [0.29, 0.717) is 17.5 Å². The van der Waals surface area contributed by atoms with E-state index in [1.165, 1.54) is 31.8 Å². The minimum Gasteiger partial charge on any atom is -0.455 e. The smallest absolute Gasteiger partial charge is 0.165 e. The van der Waals surface area contributed by atoms with Gasteiger partial charge in [-0.3, -0.25) is 0 Å². The maximum Gasteiger partial charge on any atom is 0.165 e. The number of nitrogens with zero attached hydrogens (tertiary/aromatic N) is 4. The predicted octanol–water partition coefficient (Wildman–Crippen LogP) is 13.9. The summed E-state index contributed by atoms with van der Waals surface area (Å²) in [5.74, 6) is 1.98. The summed E-state index contributed by atoms with van der Waals surface area (Å²) in [6.07, 6.45) is 0. The Morgan fingerprint density at radius 2 is 1.04 bits per heavy atom. The van der Waals surface area contributed by atoms with E-state index in [4.69, 9.17) is 19.4 Å². The molecule has 6 heteroatoms. The number of para-hydroxylation sites is 3. The molecule has 0 saturated heterocycles. The zero-order valence-corrected chi connectivity index (χ0v) is 31.2. The molecule has 0 aliphatic carbocycles. The normalized spacial score (nSPS) is 11.9. The van der Waals surface area contributed by atoms with E-state index in [1.54, 1.807) is 11.3 Å². The standard InChI is InChI=1S/C51H30N4OS/c1-3-13-31(14-4-1)49-52-50(32-15-5-2-6-16-32)54-51(53-49)40-22-12-21-39-42-30-34(26-28-46(42)57-48(39)40)55-43-23-9-7-17-36(43)41-29-33(25-27-44(41)55)35-19-11-20-38-37-18-8-10-24-45(37)56-47(35)38/h1-30H. The highest BCUT2D eigenvalue weighted by molar-refractivity contribution is 7.26. The summed E-state index contributed by atoms with van der Waals surface area (Å²) in [5.41, 5.74) is 10.4. The first-order valence-electron chi connectivity index (χ1n) is 19.0. The van der Waals surface area contributed by atoms with Crippen molar-refractivity contribution in [1.29, 1.82) is 0 Å². The van der Waals surface area contributed by atoms with Crippen LogP contribution in [0.5, 0.6) is 0 Å². The summed E-state index contributed by atoms with van der Waals surface area (Å²) in [4.78, 5) is 15.1. The van der Waals surface area contributed by atoms with Gasteiger partial charge in [0.2, 0.25) is 0 Å². The summed E-state index contributed by atoms with van der Waals surface area (Å²) < 4.78 is 11.2. The van der Waals surface area contributed by atoms with Gasteiger partial charge in [0.15, 0.2) is 17.5 Å². The number of thiophene rings is 1. The van der Waals surface area contributed by atoms with Crippen LogP contribution >= 0.6 is 11.3 Å². The molecule has 5 nitrogen and oxygen atoms in total. The Balaban J connectivity index is 1.02. The van der Waals surface area contributed by atoms with Gasteiger partial charge in [-0.1, -0.05) is 133 Å². The van der Waals surface area contributed by atoms with E-state index in [9.17, 15) is 0 Å². The van der Waals surface area contributed by atoms with Crippen molar-refractivity contribution in [1.82, 2.24) is 19.5 Å². The van der Waals surface area contributed by atoms with E-state index in [1.807, 2.05) is 72.8 Å². The Hall–Kier alpha value is -7.41. The quantitative estimate of drug-likeness (QED) is 0.176. The molecular weight excluding hydrogens is 717 g/mol. The minimum atomic E-state index is 0.656. The highest BCUT2D eigenvalue weighted by Crippen LogP contribution is 2.43. The van der Waals surface area contributed by atoms with Crippen molar-refractivity contribution >= 4 is 75.3 Å². The Bertz CT molecular complexity index is 3470. The first kappa shape index (κ1) is 31.9. The summed E-state index contributed by atoms with van der Waals surface area (Å²) in [7, 11) is 0. The van der Waals surface area contributed by atoms with Gasteiger partial charge in [0.1, 0.15) is 11.2 Å². The second-order valence-corrected chi connectivity index (χ2v) is 15.4.